The number of pyridine rings is 1. The molecule has 1 aromatic heterocycles. The van der Waals surface area contributed by atoms with Crippen molar-refractivity contribution in [2.24, 2.45) is 0 Å². The van der Waals surface area contributed by atoms with Crippen molar-refractivity contribution in [2.75, 3.05) is 13.7 Å². The van der Waals surface area contributed by atoms with Crippen LogP contribution in [0.1, 0.15) is 52.6 Å². The monoisotopic (exact) mass is 383 g/mol. The fourth-order valence-electron chi connectivity index (χ4n) is 3.18. The van der Waals surface area contributed by atoms with Gasteiger partial charge in [-0.05, 0) is 31.9 Å². The largest absolute Gasteiger partial charge is 0.376 e. The third-order valence-electron chi connectivity index (χ3n) is 4.91. The van der Waals surface area contributed by atoms with Gasteiger partial charge in [-0.25, -0.2) is 0 Å². The summed E-state index contributed by atoms with van der Waals surface area (Å²) in [5.41, 5.74) is 0.674. The van der Waals surface area contributed by atoms with Gasteiger partial charge in [0.25, 0.3) is 17.4 Å². The van der Waals surface area contributed by atoms with Crippen LogP contribution in [-0.4, -0.2) is 42.2 Å². The standard InChI is InChI=1S/C21H25N3O4/c1-4-28-18-11-17(18)23-19(25)15-10-16(20(26)22-3)21(27)24(12-15)13(2)14-8-6-5-7-9-14/h5-10,12-13,17-18H,4,11H2,1-3H3,(H,22,26)(H,23,25)/t13-,17?,18?/m1/s1. The van der Waals surface area contributed by atoms with E-state index in [2.05, 4.69) is 10.6 Å². The lowest BCUT2D eigenvalue weighted by atomic mass is 10.1. The number of ether oxygens (including phenoxy) is 1. The van der Waals surface area contributed by atoms with Gasteiger partial charge in [0.1, 0.15) is 5.56 Å². The zero-order valence-corrected chi connectivity index (χ0v) is 16.3. The van der Waals surface area contributed by atoms with Crippen molar-refractivity contribution in [2.45, 2.75) is 38.5 Å². The van der Waals surface area contributed by atoms with Gasteiger partial charge in [-0.1, -0.05) is 30.3 Å². The summed E-state index contributed by atoms with van der Waals surface area (Å²) in [6, 6.07) is 10.4. The minimum Gasteiger partial charge on any atom is -0.376 e. The van der Waals surface area contributed by atoms with Crippen LogP contribution < -0.4 is 16.2 Å². The molecule has 0 bridgehead atoms. The second-order valence-corrected chi connectivity index (χ2v) is 6.83. The molecule has 1 aliphatic carbocycles. The topological polar surface area (TPSA) is 89.4 Å². The lowest BCUT2D eigenvalue weighted by Crippen LogP contribution is -2.35. The molecule has 2 aromatic rings. The Morgan fingerprint density at radius 2 is 1.96 bits per heavy atom. The zero-order valence-electron chi connectivity index (χ0n) is 16.3. The molecule has 0 aliphatic heterocycles. The van der Waals surface area contributed by atoms with Crippen LogP contribution >= 0.6 is 0 Å². The highest BCUT2D eigenvalue weighted by Gasteiger charge is 2.39. The first-order valence-electron chi connectivity index (χ1n) is 9.42. The van der Waals surface area contributed by atoms with Crippen molar-refractivity contribution in [1.82, 2.24) is 15.2 Å². The molecule has 2 amide bonds. The van der Waals surface area contributed by atoms with Gasteiger partial charge in [0.15, 0.2) is 0 Å². The third-order valence-corrected chi connectivity index (χ3v) is 4.91. The maximum atomic E-state index is 12.9. The second kappa shape index (κ2) is 8.39. The van der Waals surface area contributed by atoms with Gasteiger partial charge in [-0.2, -0.15) is 0 Å². The third kappa shape index (κ3) is 4.14. The Kier molecular flexibility index (Phi) is 5.94. The number of hydrogen-bond acceptors (Lipinski definition) is 4. The molecule has 0 saturated heterocycles. The lowest BCUT2D eigenvalue weighted by Gasteiger charge is -2.18. The van der Waals surface area contributed by atoms with E-state index in [0.29, 0.717) is 6.61 Å². The van der Waals surface area contributed by atoms with Gasteiger partial charge in [-0.15, -0.1) is 0 Å². The molecule has 1 fully saturated rings. The Morgan fingerprint density at radius 1 is 1.25 bits per heavy atom. The molecule has 7 heteroatoms. The summed E-state index contributed by atoms with van der Waals surface area (Å²) in [7, 11) is 1.45. The number of carbonyl (C=O) groups excluding carboxylic acids is 2. The van der Waals surface area contributed by atoms with Crippen LogP contribution in [0.4, 0.5) is 0 Å². The van der Waals surface area contributed by atoms with Crippen molar-refractivity contribution >= 4 is 11.8 Å². The van der Waals surface area contributed by atoms with E-state index in [9.17, 15) is 14.4 Å². The summed E-state index contributed by atoms with van der Waals surface area (Å²) in [6.07, 6.45) is 2.31. The normalized spacial score (nSPS) is 19.0. The molecule has 148 valence electrons. The summed E-state index contributed by atoms with van der Waals surface area (Å²) in [5.74, 6) is -0.848. The maximum absolute atomic E-state index is 12.9. The van der Waals surface area contributed by atoms with Gasteiger partial charge < -0.3 is 19.9 Å². The molecule has 2 unspecified atom stereocenters. The zero-order chi connectivity index (χ0) is 20.3. The van der Waals surface area contributed by atoms with Crippen LogP contribution in [0, 0.1) is 0 Å². The summed E-state index contributed by atoms with van der Waals surface area (Å²) in [5, 5.41) is 5.37. The van der Waals surface area contributed by atoms with Crippen LogP contribution in [0.3, 0.4) is 0 Å². The van der Waals surface area contributed by atoms with Crippen molar-refractivity contribution in [3.63, 3.8) is 0 Å². The minimum absolute atomic E-state index is 0.0292. The Bertz CT molecular complexity index is 923. The quantitative estimate of drug-likeness (QED) is 0.762. The van der Waals surface area contributed by atoms with E-state index in [4.69, 9.17) is 4.74 Å². The molecule has 1 saturated carbocycles. The number of nitrogens with zero attached hydrogens (tertiary/aromatic N) is 1. The summed E-state index contributed by atoms with van der Waals surface area (Å²) in [6.45, 7) is 4.36. The average Bonchev–Trinajstić information content (AvgIpc) is 3.45. The molecule has 1 aliphatic rings. The second-order valence-electron chi connectivity index (χ2n) is 6.83. The highest BCUT2D eigenvalue weighted by molar-refractivity contribution is 5.99. The van der Waals surface area contributed by atoms with Crippen LogP contribution in [0.25, 0.3) is 0 Å². The van der Waals surface area contributed by atoms with Crippen molar-refractivity contribution in [1.29, 1.82) is 0 Å². The minimum atomic E-state index is -0.521. The summed E-state index contributed by atoms with van der Waals surface area (Å²) >= 11 is 0. The number of benzene rings is 1. The van der Waals surface area contributed by atoms with E-state index in [0.717, 1.165) is 12.0 Å². The fraction of sp³-hybridized carbons (Fsp3) is 0.381. The number of nitrogens with one attached hydrogen (secondary N) is 2. The number of carbonyl (C=O) groups is 2. The Hall–Kier alpha value is -2.93. The molecule has 1 heterocycles. The first-order chi connectivity index (χ1) is 13.5. The number of hydrogen-bond donors (Lipinski definition) is 2. The molecule has 2 N–H and O–H groups in total. The summed E-state index contributed by atoms with van der Waals surface area (Å²) < 4.78 is 6.92. The summed E-state index contributed by atoms with van der Waals surface area (Å²) in [4.78, 5) is 37.8. The van der Waals surface area contributed by atoms with E-state index < -0.39 is 11.5 Å². The van der Waals surface area contributed by atoms with E-state index in [-0.39, 0.29) is 35.2 Å². The molecule has 7 nitrogen and oxygen atoms in total. The molecule has 1 aromatic carbocycles. The van der Waals surface area contributed by atoms with Crippen molar-refractivity contribution < 1.29 is 14.3 Å². The first kappa shape index (κ1) is 19.8. The first-order valence-corrected chi connectivity index (χ1v) is 9.42. The van der Waals surface area contributed by atoms with E-state index in [1.54, 1.807) is 0 Å². The van der Waals surface area contributed by atoms with Gasteiger partial charge in [0.2, 0.25) is 0 Å². The number of aromatic nitrogens is 1. The van der Waals surface area contributed by atoms with Crippen LogP contribution in [-0.2, 0) is 4.74 Å². The average molecular weight is 383 g/mol. The Morgan fingerprint density at radius 3 is 2.61 bits per heavy atom. The Labute approximate surface area is 163 Å². The van der Waals surface area contributed by atoms with E-state index >= 15 is 0 Å². The molecule has 28 heavy (non-hydrogen) atoms. The van der Waals surface area contributed by atoms with Gasteiger partial charge >= 0.3 is 0 Å². The van der Waals surface area contributed by atoms with Crippen LogP contribution in [0.2, 0.25) is 0 Å². The number of amides is 2. The molecular weight excluding hydrogens is 358 g/mol. The Balaban J connectivity index is 1.95. The van der Waals surface area contributed by atoms with Crippen molar-refractivity contribution in [3.05, 3.63) is 69.6 Å². The molecular formula is C21H25N3O4. The smallest absolute Gasteiger partial charge is 0.264 e. The van der Waals surface area contributed by atoms with Gasteiger partial charge in [-0.3, -0.25) is 14.4 Å². The fourth-order valence-corrected chi connectivity index (χ4v) is 3.18. The highest BCUT2D eigenvalue weighted by Crippen LogP contribution is 2.25. The van der Waals surface area contributed by atoms with E-state index in [1.165, 1.54) is 23.9 Å². The molecule has 0 radical (unpaired) electrons. The van der Waals surface area contributed by atoms with Gasteiger partial charge in [0.05, 0.1) is 23.8 Å². The lowest BCUT2D eigenvalue weighted by molar-refractivity contribution is 0.0914. The molecule has 0 spiro atoms. The number of rotatable bonds is 7. The molecule has 3 atom stereocenters. The van der Waals surface area contributed by atoms with Crippen LogP contribution in [0.15, 0.2) is 47.4 Å². The highest BCUT2D eigenvalue weighted by atomic mass is 16.5. The SMILES string of the molecule is CCOC1CC1NC(=O)c1cc(C(=O)NC)c(=O)n([C@H](C)c2ccccc2)c1. The predicted octanol–water partition coefficient (Wildman–Crippen LogP) is 1.72. The molecule has 3 rings (SSSR count). The van der Waals surface area contributed by atoms with Gasteiger partial charge in [0, 0.05) is 19.9 Å². The predicted molar refractivity (Wildman–Crippen MR) is 106 cm³/mol. The van der Waals surface area contributed by atoms with E-state index in [1.807, 2.05) is 44.2 Å². The maximum Gasteiger partial charge on any atom is 0.264 e. The van der Waals surface area contributed by atoms with Crippen molar-refractivity contribution in [3.8, 4) is 0 Å². The van der Waals surface area contributed by atoms with Crippen LogP contribution in [0.5, 0.6) is 0 Å².